The second-order valence-corrected chi connectivity index (χ2v) is 18.7. The molecule has 1 nitrogen and oxygen atoms in total. The van der Waals surface area contributed by atoms with Gasteiger partial charge < -0.3 is 4.57 Å². The number of fused-ring (bicyclic) bond motifs is 11. The zero-order chi connectivity index (χ0) is 36.1. The second-order valence-electron chi connectivity index (χ2n) is 18.7. The molecule has 0 spiro atoms. The molecule has 2 aliphatic heterocycles. The Morgan fingerprint density at radius 2 is 1.17 bits per heavy atom. The van der Waals surface area contributed by atoms with Crippen molar-refractivity contribution < 1.29 is 0 Å². The Balaban J connectivity index is 1.38. The molecular formula is C51H48BN. The summed E-state index contributed by atoms with van der Waals surface area (Å²) in [6.07, 6.45) is 6.06. The van der Waals surface area contributed by atoms with Crippen LogP contribution in [0.4, 0.5) is 0 Å². The number of nitrogens with zero attached hydrogens (tertiary/aromatic N) is 1. The highest BCUT2D eigenvalue weighted by atomic mass is 15.0. The highest BCUT2D eigenvalue weighted by Crippen LogP contribution is 2.54. The van der Waals surface area contributed by atoms with Crippen LogP contribution in [0.3, 0.4) is 0 Å². The van der Waals surface area contributed by atoms with Gasteiger partial charge in [0.05, 0.1) is 10.9 Å². The third-order valence-electron chi connectivity index (χ3n) is 14.5. The minimum absolute atomic E-state index is 0.0883. The Labute approximate surface area is 315 Å². The zero-order valence-corrected chi connectivity index (χ0v) is 32.1. The van der Waals surface area contributed by atoms with E-state index >= 15 is 0 Å². The summed E-state index contributed by atoms with van der Waals surface area (Å²) in [6.45, 7) is 15.2. The van der Waals surface area contributed by atoms with Gasteiger partial charge in [0.1, 0.15) is 0 Å². The Kier molecular flexibility index (Phi) is 6.24. The van der Waals surface area contributed by atoms with Gasteiger partial charge in [-0.05, 0) is 116 Å². The maximum atomic E-state index is 2.74. The summed E-state index contributed by atoms with van der Waals surface area (Å²) in [5.41, 5.74) is 20.3. The fourth-order valence-corrected chi connectivity index (χ4v) is 12.0. The van der Waals surface area contributed by atoms with Gasteiger partial charge in [-0.3, -0.25) is 0 Å². The summed E-state index contributed by atoms with van der Waals surface area (Å²) < 4.78 is 2.74. The van der Waals surface area contributed by atoms with Crippen LogP contribution in [0.1, 0.15) is 112 Å². The largest absolute Gasteiger partial charge is 0.310 e. The van der Waals surface area contributed by atoms with Crippen molar-refractivity contribution in [3.8, 4) is 5.69 Å². The van der Waals surface area contributed by atoms with Crippen molar-refractivity contribution in [2.75, 3.05) is 0 Å². The van der Waals surface area contributed by atoms with Crippen molar-refractivity contribution in [2.24, 2.45) is 0 Å². The second kappa shape index (κ2) is 10.4. The molecule has 260 valence electrons. The molecule has 7 aromatic rings. The lowest BCUT2D eigenvalue weighted by Gasteiger charge is -2.46. The molecule has 0 radical (unpaired) electrons. The lowest BCUT2D eigenvalue weighted by atomic mass is 9.29. The average Bonchev–Trinajstić information content (AvgIpc) is 3.52. The zero-order valence-electron chi connectivity index (χ0n) is 32.1. The number of hydrogen-bond donors (Lipinski definition) is 0. The molecule has 4 aliphatic rings. The number of rotatable bonds is 2. The maximum Gasteiger partial charge on any atom is 0.247 e. The monoisotopic (exact) mass is 685 g/mol. The molecule has 53 heavy (non-hydrogen) atoms. The van der Waals surface area contributed by atoms with Gasteiger partial charge in [-0.15, -0.1) is 0 Å². The number of aromatic nitrogens is 1. The van der Waals surface area contributed by atoms with Crippen molar-refractivity contribution in [2.45, 2.75) is 95.3 Å². The van der Waals surface area contributed by atoms with Gasteiger partial charge in [-0.2, -0.15) is 0 Å². The molecule has 2 aliphatic carbocycles. The third-order valence-corrected chi connectivity index (χ3v) is 14.5. The first-order chi connectivity index (χ1) is 25.6. The van der Waals surface area contributed by atoms with E-state index in [2.05, 4.69) is 167 Å². The van der Waals surface area contributed by atoms with Crippen molar-refractivity contribution in [3.05, 3.63) is 166 Å². The Hall–Kier alpha value is -4.82. The highest BCUT2D eigenvalue weighted by Gasteiger charge is 2.51. The SMILES string of the molecule is CC1(C)CCC(C)(C)c2c1ccc1c2c2c3c(cc4c2n1-c1cccc2c1B4c1ccccc1C2(c1ccccc1)c1ccccc1)C(C)(C)CCC3. The van der Waals surface area contributed by atoms with Crippen LogP contribution in [0.5, 0.6) is 0 Å². The van der Waals surface area contributed by atoms with E-state index < -0.39 is 5.41 Å². The molecule has 11 rings (SSSR count). The van der Waals surface area contributed by atoms with Gasteiger partial charge in [-0.1, -0.05) is 156 Å². The Morgan fingerprint density at radius 1 is 0.528 bits per heavy atom. The van der Waals surface area contributed by atoms with E-state index in [0.29, 0.717) is 0 Å². The molecule has 0 bridgehead atoms. The van der Waals surface area contributed by atoms with Crippen molar-refractivity contribution in [1.82, 2.24) is 4.57 Å². The normalized spacial score (nSPS) is 19.3. The first-order valence-corrected chi connectivity index (χ1v) is 20.1. The van der Waals surface area contributed by atoms with Gasteiger partial charge in [0.15, 0.2) is 0 Å². The van der Waals surface area contributed by atoms with Crippen molar-refractivity contribution >= 4 is 44.9 Å². The Bertz CT molecular complexity index is 2630. The lowest BCUT2D eigenvalue weighted by molar-refractivity contribution is 0.334. The standard InChI is InChI=1S/C51H48BN/c1-48(2)28-16-21-34-38(48)31-40-47-43(34)44-41(27-26-36-45(44)50(5,6)30-29-49(36,3)4)53(47)42-25-15-23-37-46(42)52(40)39-24-14-13-22-35(39)51(37,32-17-9-7-10-18-32)33-19-11-8-12-20-33/h7-15,17-20,22-27,31H,16,21,28-30H2,1-6H3. The first kappa shape index (κ1) is 31.7. The lowest BCUT2D eigenvalue weighted by Crippen LogP contribution is -2.64. The number of hydrogen-bond acceptors (Lipinski definition) is 0. The number of aryl methyl sites for hydroxylation is 1. The van der Waals surface area contributed by atoms with Crippen LogP contribution >= 0.6 is 0 Å². The third kappa shape index (κ3) is 3.90. The van der Waals surface area contributed by atoms with E-state index in [0.717, 1.165) is 6.42 Å². The van der Waals surface area contributed by atoms with Crippen LogP contribution in [0.15, 0.2) is 121 Å². The molecule has 0 saturated heterocycles. The minimum atomic E-state index is -0.459. The summed E-state index contributed by atoms with van der Waals surface area (Å²) in [4.78, 5) is 0. The maximum absolute atomic E-state index is 2.74. The molecule has 2 heteroatoms. The fourth-order valence-electron chi connectivity index (χ4n) is 12.0. The topological polar surface area (TPSA) is 4.93 Å². The molecule has 0 atom stereocenters. The van der Waals surface area contributed by atoms with E-state index in [-0.39, 0.29) is 23.0 Å². The molecule has 0 saturated carbocycles. The summed E-state index contributed by atoms with van der Waals surface area (Å²) in [5.74, 6) is 0. The van der Waals surface area contributed by atoms with Crippen LogP contribution in [0.25, 0.3) is 27.5 Å². The van der Waals surface area contributed by atoms with Gasteiger partial charge in [0.2, 0.25) is 6.71 Å². The van der Waals surface area contributed by atoms with Gasteiger partial charge >= 0.3 is 0 Å². The van der Waals surface area contributed by atoms with Gasteiger partial charge in [-0.25, -0.2) is 0 Å². The molecule has 0 fully saturated rings. The van der Waals surface area contributed by atoms with E-state index in [4.69, 9.17) is 0 Å². The first-order valence-electron chi connectivity index (χ1n) is 20.1. The quantitative estimate of drug-likeness (QED) is 0.160. The summed E-state index contributed by atoms with van der Waals surface area (Å²) >= 11 is 0. The van der Waals surface area contributed by atoms with Crippen LogP contribution in [-0.4, -0.2) is 11.3 Å². The number of benzene rings is 6. The van der Waals surface area contributed by atoms with Crippen molar-refractivity contribution in [3.63, 3.8) is 0 Å². The van der Waals surface area contributed by atoms with Gasteiger partial charge in [0, 0.05) is 22.0 Å². The highest BCUT2D eigenvalue weighted by molar-refractivity contribution is 6.99. The van der Waals surface area contributed by atoms with E-state index in [1.165, 1.54) is 86.4 Å². The predicted octanol–water partition coefficient (Wildman–Crippen LogP) is 10.3. The van der Waals surface area contributed by atoms with Crippen LogP contribution in [-0.2, 0) is 28.1 Å². The molecule has 0 N–H and O–H groups in total. The summed E-state index contributed by atoms with van der Waals surface area (Å²) in [7, 11) is 0. The predicted molar refractivity (Wildman–Crippen MR) is 225 cm³/mol. The summed E-state index contributed by atoms with van der Waals surface area (Å²) in [5, 5.41) is 3.09. The van der Waals surface area contributed by atoms with Crippen LogP contribution in [0, 0.1) is 0 Å². The van der Waals surface area contributed by atoms with Gasteiger partial charge in [0.25, 0.3) is 0 Å². The molecule has 6 aromatic carbocycles. The molecule has 0 amide bonds. The van der Waals surface area contributed by atoms with Crippen LogP contribution in [0.2, 0.25) is 0 Å². The molecule has 0 unspecified atom stereocenters. The van der Waals surface area contributed by atoms with E-state index in [1.807, 2.05) is 0 Å². The molecule has 3 heterocycles. The van der Waals surface area contributed by atoms with Crippen LogP contribution < -0.4 is 16.4 Å². The average molecular weight is 686 g/mol. The van der Waals surface area contributed by atoms with E-state index in [9.17, 15) is 0 Å². The summed E-state index contributed by atoms with van der Waals surface area (Å²) in [6, 6.07) is 47.1. The fraction of sp³-hybridized carbons (Fsp3) is 0.294. The minimum Gasteiger partial charge on any atom is -0.310 e. The smallest absolute Gasteiger partial charge is 0.247 e. The molecule has 1 aromatic heterocycles. The van der Waals surface area contributed by atoms with E-state index in [1.54, 1.807) is 27.6 Å². The van der Waals surface area contributed by atoms with Crippen molar-refractivity contribution in [1.29, 1.82) is 0 Å². The molecular weight excluding hydrogens is 637 g/mol. The Morgan fingerprint density at radius 3 is 1.91 bits per heavy atom.